The molecule has 0 aromatic heterocycles. The number of hydrogen-bond acceptors (Lipinski definition) is 3. The van der Waals surface area contributed by atoms with Crippen molar-refractivity contribution in [3.8, 4) is 0 Å². The summed E-state index contributed by atoms with van der Waals surface area (Å²) in [5.74, 6) is -0.362. The average molecular weight is 585 g/mol. The first-order valence-corrected chi connectivity index (χ1v) is 13.9. The van der Waals surface area contributed by atoms with Crippen LogP contribution in [0.2, 0.25) is 0 Å². The Labute approximate surface area is 236 Å². The van der Waals surface area contributed by atoms with E-state index in [-0.39, 0.29) is 24.1 Å². The molecule has 0 fully saturated rings. The lowest BCUT2D eigenvalue weighted by atomic mass is 10.0. The number of rotatable bonds is 10. The Morgan fingerprint density at radius 1 is 0.897 bits per heavy atom. The van der Waals surface area contributed by atoms with E-state index >= 15 is 0 Å². The first-order valence-electron chi connectivity index (χ1n) is 13.1. The predicted octanol–water partition coefficient (Wildman–Crippen LogP) is 5.73. The molecule has 0 aliphatic carbocycles. The summed E-state index contributed by atoms with van der Waals surface area (Å²) < 4.78 is 0.947. The molecule has 1 heterocycles. The summed E-state index contributed by atoms with van der Waals surface area (Å²) in [5, 5.41) is 4.75. The molecule has 0 spiro atoms. The van der Waals surface area contributed by atoms with E-state index in [0.717, 1.165) is 32.1 Å². The lowest BCUT2D eigenvalue weighted by molar-refractivity contribution is -0.141. The van der Waals surface area contributed by atoms with Crippen LogP contribution < -0.4 is 10.2 Å². The Hall–Kier alpha value is -3.97. The summed E-state index contributed by atoms with van der Waals surface area (Å²) in [6.45, 7) is 0.734. The van der Waals surface area contributed by atoms with Crippen LogP contribution in [-0.2, 0) is 22.6 Å². The summed E-state index contributed by atoms with van der Waals surface area (Å²) in [6.07, 6.45) is 1.11. The van der Waals surface area contributed by atoms with Crippen LogP contribution in [0.3, 0.4) is 0 Å². The van der Waals surface area contributed by atoms with Gasteiger partial charge in [-0.2, -0.15) is 0 Å². The second-order valence-corrected chi connectivity index (χ2v) is 10.6. The Bertz CT molecular complexity index is 1500. The van der Waals surface area contributed by atoms with Crippen molar-refractivity contribution >= 4 is 50.1 Å². The van der Waals surface area contributed by atoms with Gasteiger partial charge in [-0.25, -0.2) is 0 Å². The third-order valence-electron chi connectivity index (χ3n) is 7.21. The van der Waals surface area contributed by atoms with Crippen LogP contribution >= 0.6 is 15.9 Å². The van der Waals surface area contributed by atoms with Crippen molar-refractivity contribution in [2.45, 2.75) is 31.8 Å². The summed E-state index contributed by atoms with van der Waals surface area (Å²) >= 11 is 3.46. The molecule has 0 unspecified atom stereocenters. The summed E-state index contributed by atoms with van der Waals surface area (Å²) in [4.78, 5) is 43.5. The van der Waals surface area contributed by atoms with E-state index in [1.807, 2.05) is 91.0 Å². The van der Waals surface area contributed by atoms with E-state index in [4.69, 9.17) is 0 Å². The van der Waals surface area contributed by atoms with Gasteiger partial charge < -0.3 is 15.1 Å². The Kier molecular flexibility index (Phi) is 8.07. The highest BCUT2D eigenvalue weighted by atomic mass is 79.9. The second kappa shape index (κ2) is 11.8. The Balaban J connectivity index is 1.35. The second-order valence-electron chi connectivity index (χ2n) is 9.71. The number of nitrogens with zero attached hydrogens (tertiary/aromatic N) is 2. The van der Waals surface area contributed by atoms with E-state index < -0.39 is 6.04 Å². The van der Waals surface area contributed by atoms with Gasteiger partial charge in [0.05, 0.1) is 5.69 Å². The molecule has 3 amide bonds. The lowest BCUT2D eigenvalue weighted by Gasteiger charge is -2.31. The monoisotopic (exact) mass is 583 g/mol. The molecule has 198 valence electrons. The van der Waals surface area contributed by atoms with Crippen molar-refractivity contribution in [1.82, 2.24) is 10.2 Å². The standard InChI is InChI=1S/C32H30BrN3O3/c1-34-31(38)28(20-22-8-3-2-4-9-22)36(21-23-15-17-25(33)18-16-23)29(37)14-7-19-35-27-13-6-11-24-10-5-12-26(30(24)27)32(35)39/h2-6,8-13,15-18,28H,7,14,19-21H2,1H3,(H,34,38)/t28-/m1/s1. The van der Waals surface area contributed by atoms with Crippen molar-refractivity contribution in [2.24, 2.45) is 0 Å². The van der Waals surface area contributed by atoms with E-state index in [0.29, 0.717) is 31.5 Å². The number of anilines is 1. The molecule has 0 radical (unpaired) electrons. The number of hydrogen-bond donors (Lipinski definition) is 1. The van der Waals surface area contributed by atoms with E-state index in [9.17, 15) is 14.4 Å². The fourth-order valence-electron chi connectivity index (χ4n) is 5.24. The number of halogens is 1. The quantitative estimate of drug-likeness (QED) is 0.259. The van der Waals surface area contributed by atoms with Crippen LogP contribution in [0.5, 0.6) is 0 Å². The minimum atomic E-state index is -0.667. The molecule has 0 saturated heterocycles. The van der Waals surface area contributed by atoms with Gasteiger partial charge >= 0.3 is 0 Å². The van der Waals surface area contributed by atoms with Gasteiger partial charge in [0.15, 0.2) is 0 Å². The fraction of sp³-hybridized carbons (Fsp3) is 0.219. The molecule has 7 heteroatoms. The van der Waals surface area contributed by atoms with Crippen LogP contribution in [0.1, 0.15) is 34.3 Å². The van der Waals surface area contributed by atoms with Crippen molar-refractivity contribution in [2.75, 3.05) is 18.5 Å². The van der Waals surface area contributed by atoms with Crippen molar-refractivity contribution < 1.29 is 14.4 Å². The first kappa shape index (κ1) is 26.6. The number of likely N-dealkylation sites (N-methyl/N-ethyl adjacent to an activating group) is 1. The zero-order valence-electron chi connectivity index (χ0n) is 21.8. The molecule has 1 atom stereocenters. The Morgan fingerprint density at radius 2 is 1.62 bits per heavy atom. The molecule has 4 aromatic carbocycles. The van der Waals surface area contributed by atoms with Crippen LogP contribution in [0, 0.1) is 0 Å². The Morgan fingerprint density at radius 3 is 2.33 bits per heavy atom. The average Bonchev–Trinajstić information content (AvgIpc) is 3.24. The molecular formula is C32H30BrN3O3. The number of nitrogens with one attached hydrogen (secondary N) is 1. The molecule has 6 nitrogen and oxygen atoms in total. The highest BCUT2D eigenvalue weighted by molar-refractivity contribution is 9.10. The normalized spacial score (nSPS) is 13.0. The van der Waals surface area contributed by atoms with Crippen LogP contribution in [0.4, 0.5) is 5.69 Å². The van der Waals surface area contributed by atoms with Gasteiger partial charge in [0.25, 0.3) is 5.91 Å². The number of benzene rings is 4. The smallest absolute Gasteiger partial charge is 0.258 e. The minimum Gasteiger partial charge on any atom is -0.357 e. The topological polar surface area (TPSA) is 69.7 Å². The van der Waals surface area contributed by atoms with Gasteiger partial charge in [0.2, 0.25) is 11.8 Å². The molecule has 1 aliphatic heterocycles. The van der Waals surface area contributed by atoms with Crippen molar-refractivity contribution in [1.29, 1.82) is 0 Å². The number of carbonyl (C=O) groups is 3. The van der Waals surface area contributed by atoms with Crippen LogP contribution in [0.25, 0.3) is 10.8 Å². The molecule has 5 rings (SSSR count). The van der Waals surface area contributed by atoms with Crippen LogP contribution in [-0.4, -0.2) is 42.3 Å². The molecule has 1 aliphatic rings. The molecule has 0 bridgehead atoms. The highest BCUT2D eigenvalue weighted by Gasteiger charge is 2.31. The van der Waals surface area contributed by atoms with E-state index in [2.05, 4.69) is 21.2 Å². The SMILES string of the molecule is CNC(=O)[C@@H](Cc1ccccc1)N(Cc1ccc(Br)cc1)C(=O)CCCN1C(=O)c2cccc3cccc1c23. The van der Waals surface area contributed by atoms with Crippen LogP contribution in [0.15, 0.2) is 95.5 Å². The molecule has 39 heavy (non-hydrogen) atoms. The van der Waals surface area contributed by atoms with Gasteiger partial charge in [-0.15, -0.1) is 0 Å². The molecular weight excluding hydrogens is 554 g/mol. The summed E-state index contributed by atoms with van der Waals surface area (Å²) in [7, 11) is 1.60. The van der Waals surface area contributed by atoms with Gasteiger partial charge in [-0.1, -0.05) is 82.7 Å². The molecule has 0 saturated carbocycles. The van der Waals surface area contributed by atoms with E-state index in [1.54, 1.807) is 16.8 Å². The lowest BCUT2D eigenvalue weighted by Crippen LogP contribution is -2.49. The van der Waals surface area contributed by atoms with Gasteiger partial charge in [0.1, 0.15) is 6.04 Å². The fourth-order valence-corrected chi connectivity index (χ4v) is 5.50. The summed E-state index contributed by atoms with van der Waals surface area (Å²) in [5.41, 5.74) is 3.51. The maximum absolute atomic E-state index is 13.8. The predicted molar refractivity (Wildman–Crippen MR) is 158 cm³/mol. The molecule has 4 aromatic rings. The van der Waals surface area contributed by atoms with E-state index in [1.165, 1.54) is 0 Å². The largest absolute Gasteiger partial charge is 0.357 e. The summed E-state index contributed by atoms with van der Waals surface area (Å²) in [6, 6.07) is 28.5. The van der Waals surface area contributed by atoms with Gasteiger partial charge in [-0.3, -0.25) is 14.4 Å². The van der Waals surface area contributed by atoms with Crippen molar-refractivity contribution in [3.63, 3.8) is 0 Å². The van der Waals surface area contributed by atoms with Crippen molar-refractivity contribution in [3.05, 3.63) is 112 Å². The number of amides is 3. The zero-order valence-corrected chi connectivity index (χ0v) is 23.4. The third-order valence-corrected chi connectivity index (χ3v) is 7.73. The highest BCUT2D eigenvalue weighted by Crippen LogP contribution is 2.37. The third kappa shape index (κ3) is 5.73. The van der Waals surface area contributed by atoms with Gasteiger partial charge in [0, 0.05) is 48.4 Å². The zero-order chi connectivity index (χ0) is 27.4. The first-order chi connectivity index (χ1) is 19.0. The maximum atomic E-state index is 13.8. The minimum absolute atomic E-state index is 0.0340. The number of carbonyl (C=O) groups excluding carboxylic acids is 3. The van der Waals surface area contributed by atoms with Gasteiger partial charge in [-0.05, 0) is 47.2 Å². The molecule has 1 N–H and O–H groups in total. The maximum Gasteiger partial charge on any atom is 0.258 e.